The van der Waals surface area contributed by atoms with Crippen molar-refractivity contribution in [3.05, 3.63) is 70.0 Å². The maximum absolute atomic E-state index is 12.5. The van der Waals surface area contributed by atoms with E-state index in [-0.39, 0.29) is 5.91 Å². The molecule has 0 bridgehead atoms. The summed E-state index contributed by atoms with van der Waals surface area (Å²) in [6, 6.07) is 10.3. The Balaban J connectivity index is 1.73. The van der Waals surface area contributed by atoms with Gasteiger partial charge < -0.3 is 14.8 Å². The van der Waals surface area contributed by atoms with Gasteiger partial charge in [0.1, 0.15) is 11.5 Å². The van der Waals surface area contributed by atoms with E-state index in [1.807, 2.05) is 6.07 Å². The summed E-state index contributed by atoms with van der Waals surface area (Å²) in [6.45, 7) is 0.457. The van der Waals surface area contributed by atoms with Crippen LogP contribution in [-0.4, -0.2) is 29.9 Å². The highest BCUT2D eigenvalue weighted by Gasteiger charge is 2.12. The Kier molecular flexibility index (Phi) is 5.88. The van der Waals surface area contributed by atoms with E-state index in [1.54, 1.807) is 47.4 Å². The standard InChI is InChI=1S/C19H17Cl2N3O3/c1-26-16-5-13(6-17(8-16)27-2)19(25)23-15-9-22-24(11-15)10-12-3-4-14(20)7-18(12)21/h3-9,11H,10H2,1-2H3,(H,23,25). The molecule has 0 aliphatic heterocycles. The van der Waals surface area contributed by atoms with E-state index >= 15 is 0 Å². The van der Waals surface area contributed by atoms with Crippen molar-refractivity contribution in [1.82, 2.24) is 9.78 Å². The van der Waals surface area contributed by atoms with Crippen molar-refractivity contribution < 1.29 is 14.3 Å². The van der Waals surface area contributed by atoms with Crippen LogP contribution in [0.25, 0.3) is 0 Å². The van der Waals surface area contributed by atoms with Gasteiger partial charge in [-0.05, 0) is 29.8 Å². The van der Waals surface area contributed by atoms with Gasteiger partial charge in [0, 0.05) is 27.9 Å². The van der Waals surface area contributed by atoms with Crippen LogP contribution in [0.3, 0.4) is 0 Å². The van der Waals surface area contributed by atoms with Crippen molar-refractivity contribution >= 4 is 34.8 Å². The first-order valence-corrected chi connectivity index (χ1v) is 8.75. The Morgan fingerprint density at radius 3 is 2.44 bits per heavy atom. The maximum Gasteiger partial charge on any atom is 0.256 e. The number of hydrogen-bond acceptors (Lipinski definition) is 4. The van der Waals surface area contributed by atoms with E-state index in [0.717, 1.165) is 5.56 Å². The second-order valence-electron chi connectivity index (χ2n) is 5.72. The lowest BCUT2D eigenvalue weighted by Crippen LogP contribution is -2.12. The number of ether oxygens (including phenoxy) is 2. The summed E-state index contributed by atoms with van der Waals surface area (Å²) in [5.74, 6) is 0.774. The lowest BCUT2D eigenvalue weighted by Gasteiger charge is -2.08. The molecule has 1 N–H and O–H groups in total. The molecule has 1 amide bonds. The maximum atomic E-state index is 12.5. The van der Waals surface area contributed by atoms with E-state index in [9.17, 15) is 4.79 Å². The number of rotatable bonds is 6. The van der Waals surface area contributed by atoms with Gasteiger partial charge >= 0.3 is 0 Å². The van der Waals surface area contributed by atoms with Crippen LogP contribution in [0.2, 0.25) is 10.0 Å². The molecule has 6 nitrogen and oxygen atoms in total. The van der Waals surface area contributed by atoms with E-state index in [2.05, 4.69) is 10.4 Å². The number of methoxy groups -OCH3 is 2. The normalized spacial score (nSPS) is 10.5. The third-order valence-corrected chi connectivity index (χ3v) is 4.44. The first kappa shape index (κ1) is 19.1. The van der Waals surface area contributed by atoms with Crippen LogP contribution in [-0.2, 0) is 6.54 Å². The topological polar surface area (TPSA) is 65.4 Å². The van der Waals surface area contributed by atoms with Crippen LogP contribution in [0, 0.1) is 0 Å². The number of amides is 1. The molecule has 0 aliphatic rings. The van der Waals surface area contributed by atoms with Crippen molar-refractivity contribution in [2.75, 3.05) is 19.5 Å². The molecule has 0 unspecified atom stereocenters. The van der Waals surface area contributed by atoms with E-state index in [0.29, 0.717) is 39.3 Å². The minimum Gasteiger partial charge on any atom is -0.497 e. The molecule has 1 aromatic heterocycles. The zero-order chi connectivity index (χ0) is 19.4. The predicted molar refractivity (Wildman–Crippen MR) is 105 cm³/mol. The van der Waals surface area contributed by atoms with Crippen LogP contribution in [0.1, 0.15) is 15.9 Å². The monoisotopic (exact) mass is 405 g/mol. The van der Waals surface area contributed by atoms with Gasteiger partial charge in [0.25, 0.3) is 5.91 Å². The average molecular weight is 406 g/mol. The Hall–Kier alpha value is -2.70. The van der Waals surface area contributed by atoms with Crippen molar-refractivity contribution in [1.29, 1.82) is 0 Å². The molecule has 140 valence electrons. The second kappa shape index (κ2) is 8.33. The quantitative estimate of drug-likeness (QED) is 0.655. The molecule has 0 saturated carbocycles. The zero-order valence-electron chi connectivity index (χ0n) is 14.7. The second-order valence-corrected chi connectivity index (χ2v) is 6.56. The van der Waals surface area contributed by atoms with Crippen LogP contribution >= 0.6 is 23.2 Å². The third-order valence-electron chi connectivity index (χ3n) is 3.85. The number of halogens is 2. The van der Waals surface area contributed by atoms with Crippen molar-refractivity contribution in [2.45, 2.75) is 6.54 Å². The van der Waals surface area contributed by atoms with Crippen molar-refractivity contribution in [3.8, 4) is 11.5 Å². The molecule has 0 spiro atoms. The summed E-state index contributed by atoms with van der Waals surface area (Å²) in [5, 5.41) is 8.19. The summed E-state index contributed by atoms with van der Waals surface area (Å²) < 4.78 is 12.1. The first-order chi connectivity index (χ1) is 13.0. The molecular weight excluding hydrogens is 389 g/mol. The SMILES string of the molecule is COc1cc(OC)cc(C(=O)Nc2cnn(Cc3ccc(Cl)cc3Cl)c2)c1. The molecular formula is C19H17Cl2N3O3. The highest BCUT2D eigenvalue weighted by molar-refractivity contribution is 6.35. The Labute approximate surface area is 166 Å². The van der Waals surface area contributed by atoms with Crippen molar-refractivity contribution in [2.24, 2.45) is 0 Å². The molecule has 3 aromatic rings. The van der Waals surface area contributed by atoms with Gasteiger partial charge in [0.2, 0.25) is 0 Å². The fourth-order valence-corrected chi connectivity index (χ4v) is 2.95. The van der Waals surface area contributed by atoms with Crippen molar-refractivity contribution in [3.63, 3.8) is 0 Å². The minimum absolute atomic E-state index is 0.295. The first-order valence-electron chi connectivity index (χ1n) is 7.99. The molecule has 8 heteroatoms. The highest BCUT2D eigenvalue weighted by Crippen LogP contribution is 2.24. The van der Waals surface area contributed by atoms with Gasteiger partial charge in [-0.25, -0.2) is 0 Å². The van der Waals surface area contributed by atoms with Gasteiger partial charge in [0.05, 0.1) is 32.6 Å². The van der Waals surface area contributed by atoms with Crippen LogP contribution in [0.5, 0.6) is 11.5 Å². The molecule has 3 rings (SSSR count). The molecule has 0 aliphatic carbocycles. The molecule has 2 aromatic carbocycles. The van der Waals surface area contributed by atoms with Gasteiger partial charge in [-0.15, -0.1) is 0 Å². The summed E-state index contributed by atoms with van der Waals surface area (Å²) in [4.78, 5) is 12.5. The number of hydrogen-bond donors (Lipinski definition) is 1. The lowest BCUT2D eigenvalue weighted by atomic mass is 10.2. The van der Waals surface area contributed by atoms with Crippen LogP contribution in [0.4, 0.5) is 5.69 Å². The number of nitrogens with zero attached hydrogens (tertiary/aromatic N) is 2. The third kappa shape index (κ3) is 4.72. The molecule has 0 radical (unpaired) electrons. The Morgan fingerprint density at radius 2 is 1.81 bits per heavy atom. The van der Waals surface area contributed by atoms with E-state index in [4.69, 9.17) is 32.7 Å². The number of benzene rings is 2. The van der Waals surface area contributed by atoms with Gasteiger partial charge in [-0.2, -0.15) is 5.10 Å². The molecule has 0 saturated heterocycles. The van der Waals surface area contributed by atoms with E-state index in [1.165, 1.54) is 14.2 Å². The fourth-order valence-electron chi connectivity index (χ4n) is 2.48. The Bertz CT molecular complexity index is 950. The molecule has 0 fully saturated rings. The summed E-state index contributed by atoms with van der Waals surface area (Å²) in [6.07, 6.45) is 3.29. The van der Waals surface area contributed by atoms with E-state index < -0.39 is 0 Å². The molecule has 0 atom stereocenters. The lowest BCUT2D eigenvalue weighted by molar-refractivity contribution is 0.102. The Morgan fingerprint density at radius 1 is 1.11 bits per heavy atom. The highest BCUT2D eigenvalue weighted by atomic mass is 35.5. The fraction of sp³-hybridized carbons (Fsp3) is 0.158. The summed E-state index contributed by atoms with van der Waals surface area (Å²) >= 11 is 12.1. The number of carbonyl (C=O) groups is 1. The molecule has 1 heterocycles. The number of anilines is 1. The predicted octanol–water partition coefficient (Wildman–Crippen LogP) is 4.51. The molecule has 27 heavy (non-hydrogen) atoms. The smallest absolute Gasteiger partial charge is 0.256 e. The van der Waals surface area contributed by atoms with Crippen LogP contribution in [0.15, 0.2) is 48.8 Å². The number of aromatic nitrogens is 2. The zero-order valence-corrected chi connectivity index (χ0v) is 16.2. The van der Waals surface area contributed by atoms with Gasteiger partial charge in [0.15, 0.2) is 0 Å². The minimum atomic E-state index is -0.295. The number of carbonyl (C=O) groups excluding carboxylic acids is 1. The summed E-state index contributed by atoms with van der Waals surface area (Å²) in [5.41, 5.74) is 1.85. The average Bonchev–Trinajstić information content (AvgIpc) is 3.10. The van der Waals surface area contributed by atoms with Crippen LogP contribution < -0.4 is 14.8 Å². The van der Waals surface area contributed by atoms with Gasteiger partial charge in [-0.3, -0.25) is 9.48 Å². The number of nitrogens with one attached hydrogen (secondary N) is 1. The van der Waals surface area contributed by atoms with Gasteiger partial charge in [-0.1, -0.05) is 29.3 Å². The largest absolute Gasteiger partial charge is 0.497 e. The summed E-state index contributed by atoms with van der Waals surface area (Å²) in [7, 11) is 3.06.